The molecule has 1 aromatic carbocycles. The zero-order valence-corrected chi connectivity index (χ0v) is 11.1. The van der Waals surface area contributed by atoms with Crippen molar-refractivity contribution in [3.63, 3.8) is 0 Å². The number of carboxylic acids is 1. The van der Waals surface area contributed by atoms with E-state index in [1.165, 1.54) is 0 Å². The molecule has 0 spiro atoms. The van der Waals surface area contributed by atoms with Crippen LogP contribution < -0.4 is 4.74 Å². The van der Waals surface area contributed by atoms with Gasteiger partial charge in [-0.3, -0.25) is 0 Å². The molecular weight excluding hydrogens is 244 g/mol. The number of benzene rings is 1. The summed E-state index contributed by atoms with van der Waals surface area (Å²) in [5, 5.41) is 9.75. The highest BCUT2D eigenvalue weighted by Crippen LogP contribution is 2.24. The summed E-state index contributed by atoms with van der Waals surface area (Å²) < 4.78 is 5.77. The number of carboxylic acid groups (broad SMARTS) is 1. The van der Waals surface area contributed by atoms with Crippen molar-refractivity contribution in [3.8, 4) is 5.88 Å². The molecule has 100 valence electrons. The summed E-state index contributed by atoms with van der Waals surface area (Å²) in [7, 11) is 0. The van der Waals surface area contributed by atoms with Crippen molar-refractivity contribution < 1.29 is 14.6 Å². The first-order chi connectivity index (χ1) is 8.99. The number of fused-ring (bicyclic) bond motifs is 1. The molecule has 0 saturated heterocycles. The fraction of sp³-hybridized carbons (Fsp3) is 0.357. The molecular formula is C14H16N2O3. The third kappa shape index (κ3) is 2.81. The predicted octanol–water partition coefficient (Wildman–Crippen LogP) is 2.75. The van der Waals surface area contributed by atoms with Gasteiger partial charge in [0.15, 0.2) is 0 Å². The number of rotatable bonds is 4. The maximum atomic E-state index is 11.0. The molecule has 1 aromatic heterocycles. The first-order valence-corrected chi connectivity index (χ1v) is 6.15. The summed E-state index contributed by atoms with van der Waals surface area (Å²) >= 11 is 0. The molecule has 0 aliphatic carbocycles. The molecule has 0 fully saturated rings. The number of hydrogen-bond donors (Lipinski definition) is 1. The van der Waals surface area contributed by atoms with Crippen LogP contribution in [-0.2, 0) is 0 Å². The molecule has 5 heteroatoms. The van der Waals surface area contributed by atoms with Crippen molar-refractivity contribution in [2.24, 2.45) is 5.92 Å². The van der Waals surface area contributed by atoms with Crippen LogP contribution in [-0.4, -0.2) is 27.1 Å². The molecule has 19 heavy (non-hydrogen) atoms. The summed E-state index contributed by atoms with van der Waals surface area (Å²) in [6.07, 6.45) is -0.0556. The van der Waals surface area contributed by atoms with Crippen LogP contribution in [0.4, 0.5) is 0 Å². The van der Waals surface area contributed by atoms with Crippen molar-refractivity contribution >= 4 is 16.9 Å². The van der Waals surface area contributed by atoms with E-state index < -0.39 is 5.97 Å². The highest BCUT2D eigenvalue weighted by molar-refractivity contribution is 5.89. The predicted molar refractivity (Wildman–Crippen MR) is 71.4 cm³/mol. The maximum absolute atomic E-state index is 11.0. The van der Waals surface area contributed by atoms with E-state index in [1.54, 1.807) is 12.1 Å². The molecule has 0 saturated carbocycles. The Labute approximate surface area is 111 Å². The second kappa shape index (κ2) is 5.22. The monoisotopic (exact) mass is 260 g/mol. The molecule has 1 unspecified atom stereocenters. The van der Waals surface area contributed by atoms with Gasteiger partial charge in [-0.25, -0.2) is 9.78 Å². The van der Waals surface area contributed by atoms with Gasteiger partial charge in [0.25, 0.3) is 0 Å². The van der Waals surface area contributed by atoms with Crippen molar-refractivity contribution in [1.82, 2.24) is 9.97 Å². The fourth-order valence-electron chi connectivity index (χ4n) is 1.55. The van der Waals surface area contributed by atoms with Gasteiger partial charge in [-0.2, -0.15) is 4.98 Å². The minimum atomic E-state index is -1.16. The molecule has 1 atom stereocenters. The smallest absolute Gasteiger partial charge is 0.374 e. The first-order valence-electron chi connectivity index (χ1n) is 6.15. The van der Waals surface area contributed by atoms with E-state index in [2.05, 4.69) is 9.97 Å². The topological polar surface area (TPSA) is 72.3 Å². The molecule has 0 amide bonds. The van der Waals surface area contributed by atoms with Crippen LogP contribution >= 0.6 is 0 Å². The molecule has 2 aromatic rings. The number of carbonyl (C=O) groups is 1. The summed E-state index contributed by atoms with van der Waals surface area (Å²) in [5.41, 5.74) is 0.570. The highest BCUT2D eigenvalue weighted by Gasteiger charge is 2.16. The van der Waals surface area contributed by atoms with Crippen LogP contribution in [0.25, 0.3) is 10.9 Å². The molecule has 2 rings (SSSR count). The maximum Gasteiger partial charge on any atom is 0.374 e. The van der Waals surface area contributed by atoms with Gasteiger partial charge in [-0.1, -0.05) is 26.0 Å². The molecule has 0 bridgehead atoms. The molecule has 0 aliphatic rings. The van der Waals surface area contributed by atoms with Gasteiger partial charge in [0.1, 0.15) is 0 Å². The Morgan fingerprint density at radius 2 is 1.89 bits per heavy atom. The van der Waals surface area contributed by atoms with Crippen LogP contribution in [0.2, 0.25) is 0 Å². The number of aromatic nitrogens is 2. The lowest BCUT2D eigenvalue weighted by atomic mass is 10.1. The molecule has 0 aliphatic heterocycles. The Hall–Kier alpha value is -2.17. The quantitative estimate of drug-likeness (QED) is 0.915. The summed E-state index contributed by atoms with van der Waals surface area (Å²) in [6.45, 7) is 6.00. The lowest BCUT2D eigenvalue weighted by Gasteiger charge is -2.18. The minimum absolute atomic E-state index is 0.0556. The lowest BCUT2D eigenvalue weighted by Crippen LogP contribution is -2.20. The molecule has 0 radical (unpaired) electrons. The zero-order valence-electron chi connectivity index (χ0n) is 11.1. The summed E-state index contributed by atoms with van der Waals surface area (Å²) in [5.74, 6) is -0.774. The SMILES string of the molecule is CC(C)C(C)Oc1nc(C(=O)O)nc2ccccc12. The Kier molecular flexibility index (Phi) is 3.64. The van der Waals surface area contributed by atoms with Gasteiger partial charge in [-0.15, -0.1) is 0 Å². The Balaban J connectivity index is 2.53. The lowest BCUT2D eigenvalue weighted by molar-refractivity contribution is 0.0681. The number of aromatic carboxylic acids is 1. The summed E-state index contributed by atoms with van der Waals surface area (Å²) in [4.78, 5) is 19.0. The van der Waals surface area contributed by atoms with E-state index >= 15 is 0 Å². The standard InChI is InChI=1S/C14H16N2O3/c1-8(2)9(3)19-13-10-6-4-5-7-11(10)15-12(16-13)14(17)18/h4-9H,1-3H3,(H,17,18). The third-order valence-electron chi connectivity index (χ3n) is 3.00. The number of ether oxygens (including phenoxy) is 1. The highest BCUT2D eigenvalue weighted by atomic mass is 16.5. The van der Waals surface area contributed by atoms with Crippen molar-refractivity contribution in [2.75, 3.05) is 0 Å². The number of hydrogen-bond acceptors (Lipinski definition) is 4. The van der Waals surface area contributed by atoms with Crippen molar-refractivity contribution in [2.45, 2.75) is 26.9 Å². The normalized spacial score (nSPS) is 12.6. The third-order valence-corrected chi connectivity index (χ3v) is 3.00. The van der Waals surface area contributed by atoms with Gasteiger partial charge in [-0.05, 0) is 25.0 Å². The van der Waals surface area contributed by atoms with Gasteiger partial charge < -0.3 is 9.84 Å². The van der Waals surface area contributed by atoms with E-state index in [9.17, 15) is 4.79 Å². The Morgan fingerprint density at radius 3 is 2.53 bits per heavy atom. The van der Waals surface area contributed by atoms with Gasteiger partial charge in [0, 0.05) is 0 Å². The van der Waals surface area contributed by atoms with E-state index in [0.29, 0.717) is 17.3 Å². The second-order valence-corrected chi connectivity index (χ2v) is 4.74. The molecule has 1 N–H and O–H groups in total. The van der Waals surface area contributed by atoms with E-state index in [0.717, 1.165) is 5.39 Å². The van der Waals surface area contributed by atoms with Gasteiger partial charge in [0.2, 0.25) is 11.7 Å². The summed E-state index contributed by atoms with van der Waals surface area (Å²) in [6, 6.07) is 7.22. The van der Waals surface area contributed by atoms with Crippen LogP contribution in [0.5, 0.6) is 5.88 Å². The van der Waals surface area contributed by atoms with Crippen LogP contribution in [0.1, 0.15) is 31.4 Å². The average Bonchev–Trinajstić information content (AvgIpc) is 2.38. The minimum Gasteiger partial charge on any atom is -0.475 e. The van der Waals surface area contributed by atoms with Gasteiger partial charge >= 0.3 is 5.97 Å². The first kappa shape index (κ1) is 13.3. The second-order valence-electron chi connectivity index (χ2n) is 4.74. The molecule has 1 heterocycles. The fourth-order valence-corrected chi connectivity index (χ4v) is 1.55. The number of nitrogens with zero attached hydrogens (tertiary/aromatic N) is 2. The van der Waals surface area contributed by atoms with Crippen LogP contribution in [0.3, 0.4) is 0 Å². The molecule has 5 nitrogen and oxygen atoms in total. The van der Waals surface area contributed by atoms with E-state index in [4.69, 9.17) is 9.84 Å². The van der Waals surface area contributed by atoms with E-state index in [1.807, 2.05) is 32.9 Å². The zero-order chi connectivity index (χ0) is 14.0. The van der Waals surface area contributed by atoms with Gasteiger partial charge in [0.05, 0.1) is 17.0 Å². The Bertz CT molecular complexity index is 611. The number of para-hydroxylation sites is 1. The van der Waals surface area contributed by atoms with Crippen molar-refractivity contribution in [3.05, 3.63) is 30.1 Å². The average molecular weight is 260 g/mol. The van der Waals surface area contributed by atoms with Crippen LogP contribution in [0, 0.1) is 5.92 Å². The van der Waals surface area contributed by atoms with Crippen molar-refractivity contribution in [1.29, 1.82) is 0 Å². The van der Waals surface area contributed by atoms with E-state index in [-0.39, 0.29) is 11.9 Å². The Morgan fingerprint density at radius 1 is 1.21 bits per heavy atom. The largest absolute Gasteiger partial charge is 0.475 e. The van der Waals surface area contributed by atoms with Crippen LogP contribution in [0.15, 0.2) is 24.3 Å².